The summed E-state index contributed by atoms with van der Waals surface area (Å²) in [5.74, 6) is 0.0400. The molecule has 0 amide bonds. The number of hydrogen-bond donors (Lipinski definition) is 0. The van der Waals surface area contributed by atoms with E-state index >= 15 is 0 Å². The van der Waals surface area contributed by atoms with Gasteiger partial charge in [-0.25, -0.2) is 18.7 Å². The molecule has 140 valence electrons. The molecule has 0 N–H and O–H groups in total. The van der Waals surface area contributed by atoms with Crippen LogP contribution in [0.25, 0.3) is 22.3 Å². The fraction of sp³-hybridized carbons (Fsp3) is 0.0476. The molecule has 0 radical (unpaired) electrons. The minimum atomic E-state index is -0.377. The number of halogens is 4. The van der Waals surface area contributed by atoms with Crippen LogP contribution in [-0.4, -0.2) is 9.97 Å². The van der Waals surface area contributed by atoms with Gasteiger partial charge in [0.25, 0.3) is 0 Å². The molecule has 4 rings (SSSR count). The third-order valence-corrected chi connectivity index (χ3v) is 6.04. The molecule has 3 aromatic carbocycles. The van der Waals surface area contributed by atoms with E-state index in [1.807, 2.05) is 24.3 Å². The molecule has 0 fully saturated rings. The largest absolute Gasteiger partial charge is 0.228 e. The van der Waals surface area contributed by atoms with Crippen LogP contribution in [0.15, 0.2) is 70.2 Å². The van der Waals surface area contributed by atoms with Crippen molar-refractivity contribution >= 4 is 50.2 Å². The Labute approximate surface area is 178 Å². The Bertz CT molecular complexity index is 1150. The molecule has 0 atom stereocenters. The first-order chi connectivity index (χ1) is 13.5. The Morgan fingerprint density at radius 2 is 1.75 bits per heavy atom. The molecule has 2 nitrogen and oxygen atoms in total. The number of thioether (sulfide) groups is 1. The summed E-state index contributed by atoms with van der Waals surface area (Å²) in [7, 11) is 0. The van der Waals surface area contributed by atoms with Crippen molar-refractivity contribution in [1.29, 1.82) is 0 Å². The van der Waals surface area contributed by atoms with Gasteiger partial charge in [0.15, 0.2) is 5.82 Å². The average Bonchev–Trinajstić information content (AvgIpc) is 2.68. The molecule has 0 aliphatic heterocycles. The van der Waals surface area contributed by atoms with Gasteiger partial charge in [0.1, 0.15) is 16.7 Å². The van der Waals surface area contributed by atoms with Crippen molar-refractivity contribution in [3.8, 4) is 11.4 Å². The molecule has 0 bridgehead atoms. The summed E-state index contributed by atoms with van der Waals surface area (Å²) in [4.78, 5) is 9.18. The van der Waals surface area contributed by atoms with Gasteiger partial charge in [0.05, 0.1) is 5.52 Å². The minimum absolute atomic E-state index is 0.272. The second kappa shape index (κ2) is 8.15. The Kier molecular flexibility index (Phi) is 5.62. The highest BCUT2D eigenvalue weighted by atomic mass is 79.9. The van der Waals surface area contributed by atoms with E-state index in [4.69, 9.17) is 11.6 Å². The van der Waals surface area contributed by atoms with Gasteiger partial charge in [0.2, 0.25) is 0 Å². The molecule has 0 aliphatic rings. The molecular weight excluding hydrogens is 466 g/mol. The highest BCUT2D eigenvalue weighted by Gasteiger charge is 2.14. The lowest BCUT2D eigenvalue weighted by molar-refractivity contribution is 0.617. The van der Waals surface area contributed by atoms with Gasteiger partial charge in [-0.1, -0.05) is 45.7 Å². The van der Waals surface area contributed by atoms with Crippen LogP contribution in [0, 0.1) is 11.6 Å². The molecule has 1 aromatic heterocycles. The van der Waals surface area contributed by atoms with E-state index in [-0.39, 0.29) is 17.4 Å². The monoisotopic (exact) mass is 476 g/mol. The molecule has 0 aliphatic carbocycles. The second-order valence-electron chi connectivity index (χ2n) is 6.01. The number of fused-ring (bicyclic) bond motifs is 1. The molecular formula is C21H12BrClF2N2S. The van der Waals surface area contributed by atoms with Crippen molar-refractivity contribution in [2.45, 2.75) is 10.8 Å². The van der Waals surface area contributed by atoms with E-state index in [2.05, 4.69) is 25.9 Å². The van der Waals surface area contributed by atoms with E-state index < -0.39 is 0 Å². The van der Waals surface area contributed by atoms with Gasteiger partial charge >= 0.3 is 0 Å². The normalized spacial score (nSPS) is 11.1. The van der Waals surface area contributed by atoms with Gasteiger partial charge < -0.3 is 0 Å². The van der Waals surface area contributed by atoms with Crippen molar-refractivity contribution in [2.75, 3.05) is 0 Å². The summed E-state index contributed by atoms with van der Waals surface area (Å²) in [5, 5.41) is 1.50. The van der Waals surface area contributed by atoms with Crippen molar-refractivity contribution in [2.24, 2.45) is 0 Å². The van der Waals surface area contributed by atoms with Crippen LogP contribution in [0.5, 0.6) is 0 Å². The van der Waals surface area contributed by atoms with Gasteiger partial charge in [-0.3, -0.25) is 0 Å². The molecule has 1 heterocycles. The lowest BCUT2D eigenvalue weighted by Crippen LogP contribution is -1.96. The highest BCUT2D eigenvalue weighted by Crippen LogP contribution is 2.33. The van der Waals surface area contributed by atoms with Crippen molar-refractivity contribution < 1.29 is 8.78 Å². The first kappa shape index (κ1) is 19.3. The standard InChI is InChI=1S/C21H12BrClF2N2S/c22-13-6-4-12(5-7-13)20-26-19-9-8-14(24)10-15(19)21(27-20)28-11-16-17(23)2-1-3-18(16)25/h1-10H,11H2. The van der Waals surface area contributed by atoms with E-state index in [0.29, 0.717) is 32.3 Å². The van der Waals surface area contributed by atoms with Crippen LogP contribution in [0.3, 0.4) is 0 Å². The number of benzene rings is 3. The molecule has 0 unspecified atom stereocenters. The molecule has 28 heavy (non-hydrogen) atoms. The smallest absolute Gasteiger partial charge is 0.161 e. The predicted octanol–water partition coefficient (Wildman–Crippen LogP) is 7.28. The van der Waals surface area contributed by atoms with Crippen LogP contribution in [-0.2, 0) is 5.75 Å². The average molecular weight is 478 g/mol. The zero-order valence-electron chi connectivity index (χ0n) is 14.3. The summed E-state index contributed by atoms with van der Waals surface area (Å²) < 4.78 is 28.9. The Balaban J connectivity index is 1.78. The lowest BCUT2D eigenvalue weighted by Gasteiger charge is -2.10. The van der Waals surface area contributed by atoms with Crippen molar-refractivity contribution in [3.05, 3.63) is 87.4 Å². The summed E-state index contributed by atoms with van der Waals surface area (Å²) in [6.45, 7) is 0. The van der Waals surface area contributed by atoms with E-state index in [1.54, 1.807) is 18.2 Å². The third kappa shape index (κ3) is 4.04. The van der Waals surface area contributed by atoms with Crippen molar-refractivity contribution in [3.63, 3.8) is 0 Å². The zero-order valence-corrected chi connectivity index (χ0v) is 17.5. The number of aromatic nitrogens is 2. The van der Waals surface area contributed by atoms with Crippen LogP contribution in [0.2, 0.25) is 5.02 Å². The van der Waals surface area contributed by atoms with Crippen LogP contribution < -0.4 is 0 Å². The van der Waals surface area contributed by atoms with E-state index in [9.17, 15) is 8.78 Å². The first-order valence-electron chi connectivity index (χ1n) is 8.30. The van der Waals surface area contributed by atoms with Crippen LogP contribution >= 0.6 is 39.3 Å². The zero-order chi connectivity index (χ0) is 19.7. The Hall–Kier alpha value is -2.02. The van der Waals surface area contributed by atoms with Crippen LogP contribution in [0.4, 0.5) is 8.78 Å². The van der Waals surface area contributed by atoms with Crippen molar-refractivity contribution in [1.82, 2.24) is 9.97 Å². The number of rotatable bonds is 4. The van der Waals surface area contributed by atoms with Gasteiger partial charge in [-0.05, 0) is 42.5 Å². The Morgan fingerprint density at radius 1 is 0.964 bits per heavy atom. The molecule has 4 aromatic rings. The van der Waals surface area contributed by atoms with Gasteiger partial charge in [-0.15, -0.1) is 11.8 Å². The van der Waals surface area contributed by atoms with Gasteiger partial charge in [-0.2, -0.15) is 0 Å². The summed E-state index contributed by atoms with van der Waals surface area (Å²) in [6, 6.07) is 16.6. The Morgan fingerprint density at radius 3 is 2.50 bits per heavy atom. The SMILES string of the molecule is Fc1ccc2nc(-c3ccc(Br)cc3)nc(SCc3c(F)cccc3Cl)c2c1. The maximum Gasteiger partial charge on any atom is 0.161 e. The quantitative estimate of drug-likeness (QED) is 0.228. The molecule has 7 heteroatoms. The maximum atomic E-state index is 14.1. The topological polar surface area (TPSA) is 25.8 Å². The summed E-state index contributed by atoms with van der Waals surface area (Å²) >= 11 is 10.8. The molecule has 0 saturated heterocycles. The first-order valence-corrected chi connectivity index (χ1v) is 10.5. The predicted molar refractivity (Wildman–Crippen MR) is 114 cm³/mol. The molecule has 0 spiro atoms. The fourth-order valence-electron chi connectivity index (χ4n) is 2.72. The summed E-state index contributed by atoms with van der Waals surface area (Å²) in [5.41, 5.74) is 1.85. The fourth-order valence-corrected chi connectivity index (χ4v) is 4.34. The highest BCUT2D eigenvalue weighted by molar-refractivity contribution is 9.10. The summed E-state index contributed by atoms with van der Waals surface area (Å²) in [6.07, 6.45) is 0. The number of hydrogen-bond acceptors (Lipinski definition) is 3. The number of nitrogens with zero attached hydrogens (tertiary/aromatic N) is 2. The van der Waals surface area contributed by atoms with Crippen LogP contribution in [0.1, 0.15) is 5.56 Å². The maximum absolute atomic E-state index is 14.1. The second-order valence-corrected chi connectivity index (χ2v) is 8.30. The lowest BCUT2D eigenvalue weighted by atomic mass is 10.2. The van der Waals surface area contributed by atoms with E-state index in [0.717, 1.165) is 10.0 Å². The molecule has 0 saturated carbocycles. The third-order valence-electron chi connectivity index (χ3n) is 4.14. The minimum Gasteiger partial charge on any atom is -0.228 e. The van der Waals surface area contributed by atoms with E-state index in [1.165, 1.54) is 30.0 Å². The van der Waals surface area contributed by atoms with Gasteiger partial charge in [0, 0.05) is 31.8 Å².